The Morgan fingerprint density at radius 3 is 2.70 bits per heavy atom. The molecule has 0 fully saturated rings. The van der Waals surface area contributed by atoms with Gasteiger partial charge in [0.1, 0.15) is 5.82 Å². The Balaban J connectivity index is 2.06. The van der Waals surface area contributed by atoms with Gasteiger partial charge >= 0.3 is 0 Å². The molecule has 1 N–H and O–H groups in total. The van der Waals surface area contributed by atoms with Crippen LogP contribution in [0.2, 0.25) is 5.02 Å². The number of rotatable bonds is 4. The summed E-state index contributed by atoms with van der Waals surface area (Å²) in [5.74, 6) is -0.372. The number of benzene rings is 2. The summed E-state index contributed by atoms with van der Waals surface area (Å²) < 4.78 is 13.8. The van der Waals surface area contributed by atoms with Crippen LogP contribution < -0.4 is 5.32 Å². The number of nitrogens with zero attached hydrogens (tertiary/aromatic N) is 1. The molecular weight excluding hydrogens is 275 g/mol. The largest absolute Gasteiger partial charge is 0.306 e. The fraction of sp³-hybridized carbons (Fsp3) is 0.188. The fourth-order valence-electron chi connectivity index (χ4n) is 1.96. The van der Waals surface area contributed by atoms with Gasteiger partial charge in [0, 0.05) is 23.2 Å². The summed E-state index contributed by atoms with van der Waals surface area (Å²) >= 11 is 6.12. The number of nitriles is 1. The lowest BCUT2D eigenvalue weighted by Crippen LogP contribution is -2.19. The number of nitrogens with one attached hydrogen (secondary N) is 1. The van der Waals surface area contributed by atoms with Gasteiger partial charge in [0.05, 0.1) is 11.6 Å². The van der Waals surface area contributed by atoms with E-state index >= 15 is 0 Å². The zero-order chi connectivity index (χ0) is 14.5. The summed E-state index contributed by atoms with van der Waals surface area (Å²) in [6.45, 7) is 2.35. The van der Waals surface area contributed by atoms with Gasteiger partial charge in [-0.2, -0.15) is 5.26 Å². The summed E-state index contributed by atoms with van der Waals surface area (Å²) in [6, 6.07) is 14.0. The first-order valence-corrected chi connectivity index (χ1v) is 6.66. The van der Waals surface area contributed by atoms with Gasteiger partial charge in [0.25, 0.3) is 0 Å². The molecule has 0 aromatic heterocycles. The molecule has 2 aromatic rings. The zero-order valence-corrected chi connectivity index (χ0v) is 11.8. The highest BCUT2D eigenvalue weighted by Gasteiger charge is 2.10. The molecule has 0 saturated carbocycles. The van der Waals surface area contributed by atoms with Crippen LogP contribution in [0, 0.1) is 17.1 Å². The SMILES string of the molecule is C[C@H](NCc1ccc(C#N)cc1F)c1ccccc1Cl. The van der Waals surface area contributed by atoms with Crippen molar-refractivity contribution in [3.05, 3.63) is 70.0 Å². The molecule has 0 aliphatic rings. The molecule has 0 bridgehead atoms. The van der Waals surface area contributed by atoms with E-state index in [1.807, 2.05) is 37.3 Å². The van der Waals surface area contributed by atoms with E-state index in [9.17, 15) is 4.39 Å². The molecule has 0 radical (unpaired) electrons. The van der Waals surface area contributed by atoms with E-state index in [0.29, 0.717) is 22.7 Å². The third-order valence-corrected chi connectivity index (χ3v) is 3.50. The van der Waals surface area contributed by atoms with Crippen molar-refractivity contribution < 1.29 is 4.39 Å². The average molecular weight is 289 g/mol. The van der Waals surface area contributed by atoms with Gasteiger partial charge in [-0.25, -0.2) is 4.39 Å². The third-order valence-electron chi connectivity index (χ3n) is 3.15. The molecule has 0 saturated heterocycles. The van der Waals surface area contributed by atoms with Gasteiger partial charge in [-0.3, -0.25) is 0 Å². The third kappa shape index (κ3) is 3.36. The normalized spacial score (nSPS) is 11.9. The number of hydrogen-bond donors (Lipinski definition) is 1. The Bertz CT molecular complexity index is 649. The van der Waals surface area contributed by atoms with Crippen LogP contribution in [0.1, 0.15) is 29.7 Å². The Labute approximate surface area is 122 Å². The van der Waals surface area contributed by atoms with Crippen LogP contribution in [0.25, 0.3) is 0 Å². The molecule has 0 aliphatic carbocycles. The predicted molar refractivity (Wildman–Crippen MR) is 77.8 cm³/mol. The molecule has 0 heterocycles. The van der Waals surface area contributed by atoms with Crippen molar-refractivity contribution >= 4 is 11.6 Å². The molecule has 2 rings (SSSR count). The topological polar surface area (TPSA) is 35.8 Å². The van der Waals surface area contributed by atoms with E-state index in [1.165, 1.54) is 6.07 Å². The van der Waals surface area contributed by atoms with E-state index in [2.05, 4.69) is 5.32 Å². The highest BCUT2D eigenvalue weighted by Crippen LogP contribution is 2.22. The maximum absolute atomic E-state index is 13.8. The minimum atomic E-state index is -0.372. The van der Waals surface area contributed by atoms with E-state index in [1.54, 1.807) is 12.1 Å². The monoisotopic (exact) mass is 288 g/mol. The minimum absolute atomic E-state index is 0.0127. The molecule has 4 heteroatoms. The van der Waals surface area contributed by atoms with Crippen molar-refractivity contribution in [2.75, 3.05) is 0 Å². The van der Waals surface area contributed by atoms with Gasteiger partial charge in [-0.1, -0.05) is 35.9 Å². The van der Waals surface area contributed by atoms with Gasteiger partial charge in [-0.05, 0) is 30.7 Å². The highest BCUT2D eigenvalue weighted by atomic mass is 35.5. The molecular formula is C16H14ClFN2. The smallest absolute Gasteiger partial charge is 0.129 e. The van der Waals surface area contributed by atoms with Crippen molar-refractivity contribution in [2.45, 2.75) is 19.5 Å². The Morgan fingerprint density at radius 2 is 2.05 bits per heavy atom. The highest BCUT2D eigenvalue weighted by molar-refractivity contribution is 6.31. The lowest BCUT2D eigenvalue weighted by molar-refractivity contribution is 0.544. The lowest BCUT2D eigenvalue weighted by atomic mass is 10.1. The number of halogens is 2. The predicted octanol–water partition coefficient (Wildman–Crippen LogP) is 4.20. The first-order valence-electron chi connectivity index (χ1n) is 6.28. The van der Waals surface area contributed by atoms with Crippen LogP contribution >= 0.6 is 11.6 Å². The van der Waals surface area contributed by atoms with Crippen molar-refractivity contribution in [3.63, 3.8) is 0 Å². The average Bonchev–Trinajstić information content (AvgIpc) is 2.46. The molecule has 0 spiro atoms. The quantitative estimate of drug-likeness (QED) is 0.915. The van der Waals surface area contributed by atoms with Crippen molar-refractivity contribution in [2.24, 2.45) is 0 Å². The van der Waals surface area contributed by atoms with Gasteiger partial charge in [0.2, 0.25) is 0 Å². The van der Waals surface area contributed by atoms with Crippen LogP contribution in [-0.2, 0) is 6.54 Å². The van der Waals surface area contributed by atoms with E-state index in [4.69, 9.17) is 16.9 Å². The molecule has 20 heavy (non-hydrogen) atoms. The fourth-order valence-corrected chi connectivity index (χ4v) is 2.26. The van der Waals surface area contributed by atoms with Crippen LogP contribution in [0.15, 0.2) is 42.5 Å². The zero-order valence-electron chi connectivity index (χ0n) is 11.0. The van der Waals surface area contributed by atoms with Crippen molar-refractivity contribution in [1.29, 1.82) is 5.26 Å². The Hall–Kier alpha value is -1.89. The maximum Gasteiger partial charge on any atom is 0.129 e. The Kier molecular flexibility index (Phi) is 4.73. The summed E-state index contributed by atoms with van der Waals surface area (Å²) in [7, 11) is 0. The maximum atomic E-state index is 13.8. The summed E-state index contributed by atoms with van der Waals surface area (Å²) in [5, 5.41) is 12.6. The molecule has 0 unspecified atom stereocenters. The van der Waals surface area contributed by atoms with E-state index < -0.39 is 0 Å². The number of hydrogen-bond acceptors (Lipinski definition) is 2. The van der Waals surface area contributed by atoms with Crippen LogP contribution in [0.3, 0.4) is 0 Å². The van der Waals surface area contributed by atoms with Crippen LogP contribution in [0.5, 0.6) is 0 Å². The van der Waals surface area contributed by atoms with E-state index in [-0.39, 0.29) is 11.9 Å². The summed E-state index contributed by atoms with van der Waals surface area (Å²) in [6.07, 6.45) is 0. The van der Waals surface area contributed by atoms with Crippen LogP contribution in [-0.4, -0.2) is 0 Å². The van der Waals surface area contributed by atoms with E-state index in [0.717, 1.165) is 5.56 Å². The van der Waals surface area contributed by atoms with Crippen LogP contribution in [0.4, 0.5) is 4.39 Å². The second kappa shape index (κ2) is 6.51. The summed E-state index contributed by atoms with van der Waals surface area (Å²) in [5.41, 5.74) is 1.83. The second-order valence-corrected chi connectivity index (χ2v) is 4.95. The van der Waals surface area contributed by atoms with Gasteiger partial charge in [0.15, 0.2) is 0 Å². The molecule has 2 nitrogen and oxygen atoms in total. The molecule has 1 atom stereocenters. The molecule has 0 aliphatic heterocycles. The van der Waals surface area contributed by atoms with Crippen molar-refractivity contribution in [3.8, 4) is 6.07 Å². The minimum Gasteiger partial charge on any atom is -0.306 e. The van der Waals surface area contributed by atoms with Gasteiger partial charge in [-0.15, -0.1) is 0 Å². The lowest BCUT2D eigenvalue weighted by Gasteiger charge is -2.16. The van der Waals surface area contributed by atoms with Crippen molar-refractivity contribution in [1.82, 2.24) is 5.32 Å². The molecule has 102 valence electrons. The first kappa shape index (κ1) is 14.5. The van der Waals surface area contributed by atoms with Gasteiger partial charge < -0.3 is 5.32 Å². The first-order chi connectivity index (χ1) is 9.61. The molecule has 2 aromatic carbocycles. The standard InChI is InChI=1S/C16H14ClFN2/c1-11(14-4-2-3-5-15(14)17)20-10-13-7-6-12(9-19)8-16(13)18/h2-8,11,20H,10H2,1H3/t11-/m0/s1. The molecule has 0 amide bonds. The Morgan fingerprint density at radius 1 is 1.30 bits per heavy atom. The second-order valence-electron chi connectivity index (χ2n) is 4.54. The summed E-state index contributed by atoms with van der Waals surface area (Å²) in [4.78, 5) is 0.